The molecule has 0 fully saturated rings. The SMILES string of the molecule is O=c1cc(Br)[nH]cc1CO. The number of hydrogen-bond donors (Lipinski definition) is 2. The van der Waals surface area contributed by atoms with Gasteiger partial charge in [0.25, 0.3) is 0 Å². The van der Waals surface area contributed by atoms with E-state index in [1.807, 2.05) is 0 Å². The summed E-state index contributed by atoms with van der Waals surface area (Å²) in [7, 11) is 0. The van der Waals surface area contributed by atoms with Gasteiger partial charge in [0, 0.05) is 17.8 Å². The van der Waals surface area contributed by atoms with E-state index in [2.05, 4.69) is 20.9 Å². The van der Waals surface area contributed by atoms with Crippen molar-refractivity contribution in [2.75, 3.05) is 0 Å². The average Bonchev–Trinajstić information content (AvgIpc) is 1.88. The van der Waals surface area contributed by atoms with Gasteiger partial charge in [-0.3, -0.25) is 4.79 Å². The molecule has 3 nitrogen and oxygen atoms in total. The highest BCUT2D eigenvalue weighted by molar-refractivity contribution is 9.10. The van der Waals surface area contributed by atoms with Gasteiger partial charge in [-0.15, -0.1) is 0 Å². The number of rotatable bonds is 1. The Bertz CT molecular complexity index is 281. The van der Waals surface area contributed by atoms with Gasteiger partial charge in [0.05, 0.1) is 11.2 Å². The van der Waals surface area contributed by atoms with E-state index in [1.165, 1.54) is 12.3 Å². The lowest BCUT2D eigenvalue weighted by molar-refractivity contribution is 0.280. The average molecular weight is 204 g/mol. The van der Waals surface area contributed by atoms with Crippen LogP contribution in [-0.2, 0) is 6.61 Å². The molecule has 2 N–H and O–H groups in total. The number of hydrogen-bond acceptors (Lipinski definition) is 2. The largest absolute Gasteiger partial charge is 0.391 e. The molecule has 0 bridgehead atoms. The molecule has 0 spiro atoms. The van der Waals surface area contributed by atoms with Crippen molar-refractivity contribution in [1.82, 2.24) is 4.98 Å². The van der Waals surface area contributed by atoms with Crippen molar-refractivity contribution in [3.63, 3.8) is 0 Å². The Hall–Kier alpha value is -0.610. The first kappa shape index (κ1) is 7.50. The molecule has 0 saturated carbocycles. The zero-order chi connectivity index (χ0) is 7.56. The van der Waals surface area contributed by atoms with Gasteiger partial charge in [-0.1, -0.05) is 0 Å². The molecular weight excluding hydrogens is 198 g/mol. The second-order valence-electron chi connectivity index (χ2n) is 1.83. The summed E-state index contributed by atoms with van der Waals surface area (Å²) in [5, 5.41) is 8.57. The highest BCUT2D eigenvalue weighted by Gasteiger charge is 1.95. The first-order chi connectivity index (χ1) is 4.74. The van der Waals surface area contributed by atoms with Crippen LogP contribution in [0.25, 0.3) is 0 Å². The summed E-state index contributed by atoms with van der Waals surface area (Å²) in [6, 6.07) is 1.38. The predicted octanol–water partition coefficient (Wildman–Crippen LogP) is 0.630. The van der Waals surface area contributed by atoms with Crippen LogP contribution >= 0.6 is 15.9 Å². The lowest BCUT2D eigenvalue weighted by atomic mass is 10.3. The minimum absolute atomic E-state index is 0.159. The minimum Gasteiger partial charge on any atom is -0.391 e. The number of pyridine rings is 1. The number of nitrogens with one attached hydrogen (secondary N) is 1. The van der Waals surface area contributed by atoms with Crippen molar-refractivity contribution < 1.29 is 5.11 Å². The molecule has 1 aromatic heterocycles. The molecule has 10 heavy (non-hydrogen) atoms. The number of aliphatic hydroxyl groups is 1. The lowest BCUT2D eigenvalue weighted by Crippen LogP contribution is -2.07. The Kier molecular flexibility index (Phi) is 2.24. The van der Waals surface area contributed by atoms with Crippen LogP contribution < -0.4 is 5.43 Å². The molecule has 0 aliphatic heterocycles. The van der Waals surface area contributed by atoms with Crippen LogP contribution in [0.1, 0.15) is 5.56 Å². The van der Waals surface area contributed by atoms with E-state index in [9.17, 15) is 4.79 Å². The van der Waals surface area contributed by atoms with E-state index >= 15 is 0 Å². The van der Waals surface area contributed by atoms with Crippen LogP contribution in [-0.4, -0.2) is 10.1 Å². The van der Waals surface area contributed by atoms with Crippen LogP contribution in [0.5, 0.6) is 0 Å². The highest BCUT2D eigenvalue weighted by Crippen LogP contribution is 2.00. The molecular formula is C6H6BrNO2. The van der Waals surface area contributed by atoms with Gasteiger partial charge in [0.15, 0.2) is 5.43 Å². The normalized spacial score (nSPS) is 9.80. The van der Waals surface area contributed by atoms with Crippen molar-refractivity contribution in [2.24, 2.45) is 0 Å². The third kappa shape index (κ3) is 1.46. The first-order valence-corrected chi connectivity index (χ1v) is 3.51. The zero-order valence-corrected chi connectivity index (χ0v) is 6.68. The minimum atomic E-state index is -0.220. The second-order valence-corrected chi connectivity index (χ2v) is 2.68. The van der Waals surface area contributed by atoms with Crippen LogP contribution in [0.3, 0.4) is 0 Å². The third-order valence-electron chi connectivity index (χ3n) is 1.13. The third-order valence-corrected chi connectivity index (χ3v) is 1.59. The Morgan fingerprint density at radius 1 is 1.70 bits per heavy atom. The molecule has 0 saturated heterocycles. The van der Waals surface area contributed by atoms with Gasteiger partial charge in [-0.05, 0) is 15.9 Å². The van der Waals surface area contributed by atoms with Gasteiger partial charge in [-0.25, -0.2) is 0 Å². The number of aromatic nitrogens is 1. The maximum atomic E-state index is 10.9. The smallest absolute Gasteiger partial charge is 0.188 e. The maximum Gasteiger partial charge on any atom is 0.188 e. The van der Waals surface area contributed by atoms with E-state index in [-0.39, 0.29) is 12.0 Å². The Morgan fingerprint density at radius 2 is 2.40 bits per heavy atom. The Balaban J connectivity index is 3.20. The highest BCUT2D eigenvalue weighted by atomic mass is 79.9. The van der Waals surface area contributed by atoms with Crippen LogP contribution in [0.2, 0.25) is 0 Å². The van der Waals surface area contributed by atoms with Gasteiger partial charge in [-0.2, -0.15) is 0 Å². The quantitative estimate of drug-likeness (QED) is 0.659. The van der Waals surface area contributed by atoms with Crippen LogP contribution in [0, 0.1) is 0 Å². The summed E-state index contributed by atoms with van der Waals surface area (Å²) in [6.45, 7) is -0.220. The molecule has 0 aliphatic carbocycles. The number of aromatic amines is 1. The summed E-state index contributed by atoms with van der Waals surface area (Å²) in [5.41, 5.74) is 0.219. The van der Waals surface area contributed by atoms with Crippen molar-refractivity contribution in [3.8, 4) is 0 Å². The fraction of sp³-hybridized carbons (Fsp3) is 0.167. The summed E-state index contributed by atoms with van der Waals surface area (Å²) in [5.74, 6) is 0. The van der Waals surface area contributed by atoms with Gasteiger partial charge in [0.1, 0.15) is 0 Å². The summed E-state index contributed by atoms with van der Waals surface area (Å²) in [6.07, 6.45) is 1.48. The molecule has 1 aromatic rings. The second kappa shape index (κ2) is 2.98. The van der Waals surface area contributed by atoms with Crippen molar-refractivity contribution in [1.29, 1.82) is 0 Å². The van der Waals surface area contributed by atoms with Gasteiger partial charge < -0.3 is 10.1 Å². The fourth-order valence-electron chi connectivity index (χ4n) is 0.600. The van der Waals surface area contributed by atoms with Gasteiger partial charge >= 0.3 is 0 Å². The van der Waals surface area contributed by atoms with Crippen molar-refractivity contribution in [3.05, 3.63) is 32.7 Å². The standard InChI is InChI=1S/C6H6BrNO2/c7-6-1-5(10)4(3-9)2-8-6/h1-2,9H,3H2,(H,8,10). The lowest BCUT2D eigenvalue weighted by Gasteiger charge is -1.93. The number of halogens is 1. The molecule has 0 amide bonds. The number of aliphatic hydroxyl groups excluding tert-OH is 1. The van der Waals surface area contributed by atoms with Crippen LogP contribution in [0.4, 0.5) is 0 Å². The van der Waals surface area contributed by atoms with E-state index in [4.69, 9.17) is 5.11 Å². The van der Waals surface area contributed by atoms with E-state index in [0.29, 0.717) is 10.2 Å². The molecule has 0 aromatic carbocycles. The maximum absolute atomic E-state index is 10.9. The first-order valence-electron chi connectivity index (χ1n) is 2.72. The fourth-order valence-corrected chi connectivity index (χ4v) is 0.923. The van der Waals surface area contributed by atoms with E-state index < -0.39 is 0 Å². The topological polar surface area (TPSA) is 53.1 Å². The summed E-state index contributed by atoms with van der Waals surface area (Å²) < 4.78 is 0.620. The Labute approximate surface area is 65.8 Å². The molecule has 1 heterocycles. The molecule has 0 atom stereocenters. The number of H-pyrrole nitrogens is 1. The molecule has 0 unspecified atom stereocenters. The zero-order valence-electron chi connectivity index (χ0n) is 5.10. The predicted molar refractivity (Wildman–Crippen MR) is 40.7 cm³/mol. The van der Waals surface area contributed by atoms with Gasteiger partial charge in [0.2, 0.25) is 0 Å². The molecule has 4 heteroatoms. The molecule has 1 rings (SSSR count). The van der Waals surface area contributed by atoms with E-state index in [0.717, 1.165) is 0 Å². The monoisotopic (exact) mass is 203 g/mol. The van der Waals surface area contributed by atoms with E-state index in [1.54, 1.807) is 0 Å². The summed E-state index contributed by atoms with van der Waals surface area (Å²) in [4.78, 5) is 13.6. The van der Waals surface area contributed by atoms with Crippen molar-refractivity contribution >= 4 is 15.9 Å². The molecule has 54 valence electrons. The van der Waals surface area contributed by atoms with Crippen LogP contribution in [0.15, 0.2) is 21.7 Å². The summed E-state index contributed by atoms with van der Waals surface area (Å²) >= 11 is 3.09. The molecule has 0 radical (unpaired) electrons. The Morgan fingerprint density at radius 3 is 2.90 bits per heavy atom. The molecule has 0 aliphatic rings. The van der Waals surface area contributed by atoms with Crippen molar-refractivity contribution in [2.45, 2.75) is 6.61 Å².